The number of hydrogen-bond donors (Lipinski definition) is 1. The van der Waals surface area contributed by atoms with Crippen LogP contribution in [0.25, 0.3) is 0 Å². The third kappa shape index (κ3) is 12.8. The molecule has 0 radical (unpaired) electrons. The topological polar surface area (TPSA) is 46.5 Å². The fourth-order valence-electron chi connectivity index (χ4n) is 1.53. The molecule has 0 saturated heterocycles. The van der Waals surface area contributed by atoms with Crippen molar-refractivity contribution >= 4 is 5.97 Å². The fourth-order valence-corrected chi connectivity index (χ4v) is 1.53. The van der Waals surface area contributed by atoms with Crippen LogP contribution in [0.15, 0.2) is 37.5 Å². The quantitative estimate of drug-likeness (QED) is 0.308. The maximum atomic E-state index is 10.8. The zero-order valence-corrected chi connectivity index (χ0v) is 13.2. The van der Waals surface area contributed by atoms with E-state index in [4.69, 9.17) is 4.74 Å². The van der Waals surface area contributed by atoms with Crippen LogP contribution < -0.4 is 0 Å². The van der Waals surface area contributed by atoms with Crippen LogP contribution in [0.5, 0.6) is 0 Å². The van der Waals surface area contributed by atoms with Crippen LogP contribution in [0.3, 0.4) is 0 Å². The number of unbranched alkanes of at least 4 members (excludes halogenated alkanes) is 4. The molecule has 2 atom stereocenters. The predicted octanol–water partition coefficient (Wildman–Crippen LogP) is 3.16. The Morgan fingerprint density at radius 3 is 2.50 bits per heavy atom. The first-order valence-electron chi connectivity index (χ1n) is 7.36. The molecule has 3 nitrogen and oxygen atoms in total. The highest BCUT2D eigenvalue weighted by Gasteiger charge is 2.01. The van der Waals surface area contributed by atoms with Gasteiger partial charge >= 0.3 is 5.97 Å². The molecule has 22 heavy (non-hydrogen) atoms. The van der Waals surface area contributed by atoms with Crippen LogP contribution in [-0.2, 0) is 9.53 Å². The highest BCUT2D eigenvalue weighted by Crippen LogP contribution is 2.04. The summed E-state index contributed by atoms with van der Waals surface area (Å²) >= 11 is 0. The molecular weight excluding hydrogens is 276 g/mol. The van der Waals surface area contributed by atoms with E-state index in [-0.39, 0.29) is 0 Å². The van der Waals surface area contributed by atoms with Gasteiger partial charge in [-0.3, -0.25) is 4.79 Å². The molecule has 0 rings (SSSR count). The summed E-state index contributed by atoms with van der Waals surface area (Å²) in [5.74, 6) is 9.84. The second kappa shape index (κ2) is 13.7. The lowest BCUT2D eigenvalue weighted by Gasteiger charge is -2.03. The minimum atomic E-state index is -0.835. The standard InChI is InChI=1S/C19H24O3/c1-4-6-7-8-9-10-11-14-18(21)15-12-13-16-19(5-2)22-17(3)20/h4-5,11,14,18-19,21H,1-2,6-10H2,3H3/t18-,19-/m0/s1. The zero-order chi connectivity index (χ0) is 16.6. The first-order chi connectivity index (χ1) is 10.6. The van der Waals surface area contributed by atoms with E-state index in [0.29, 0.717) is 0 Å². The van der Waals surface area contributed by atoms with Crippen molar-refractivity contribution in [2.24, 2.45) is 0 Å². The van der Waals surface area contributed by atoms with E-state index >= 15 is 0 Å². The zero-order valence-electron chi connectivity index (χ0n) is 13.2. The molecule has 0 aromatic rings. The molecule has 0 bridgehead atoms. The lowest BCUT2D eigenvalue weighted by molar-refractivity contribution is -0.142. The summed E-state index contributed by atoms with van der Waals surface area (Å²) in [5, 5.41) is 9.61. The van der Waals surface area contributed by atoms with Crippen molar-refractivity contribution in [3.8, 4) is 23.7 Å². The Hall–Kier alpha value is -2.23. The van der Waals surface area contributed by atoms with Gasteiger partial charge in [0.1, 0.15) is 6.10 Å². The summed E-state index contributed by atoms with van der Waals surface area (Å²) in [5.41, 5.74) is 0. The summed E-state index contributed by atoms with van der Waals surface area (Å²) in [6.07, 6.45) is 10.8. The van der Waals surface area contributed by atoms with Crippen LogP contribution >= 0.6 is 0 Å². The normalized spacial score (nSPS) is 12.3. The Kier molecular flexibility index (Phi) is 12.3. The fraction of sp³-hybridized carbons (Fsp3) is 0.421. The van der Waals surface area contributed by atoms with E-state index in [1.165, 1.54) is 13.0 Å². The second-order valence-electron chi connectivity index (χ2n) is 4.60. The van der Waals surface area contributed by atoms with Gasteiger partial charge in [-0.05, 0) is 55.6 Å². The molecule has 0 aliphatic carbocycles. The lowest BCUT2D eigenvalue weighted by atomic mass is 10.1. The maximum absolute atomic E-state index is 10.8. The highest BCUT2D eigenvalue weighted by atomic mass is 16.5. The van der Waals surface area contributed by atoms with Crippen molar-refractivity contribution in [2.45, 2.75) is 51.2 Å². The molecule has 0 fully saturated rings. The summed E-state index contributed by atoms with van der Waals surface area (Å²) in [6, 6.07) is 0. The summed E-state index contributed by atoms with van der Waals surface area (Å²) < 4.78 is 4.85. The van der Waals surface area contributed by atoms with E-state index in [1.807, 2.05) is 12.2 Å². The Balaban J connectivity index is 4.06. The van der Waals surface area contributed by atoms with Crippen LogP contribution in [-0.4, -0.2) is 23.3 Å². The van der Waals surface area contributed by atoms with Crippen LogP contribution in [0.2, 0.25) is 0 Å². The second-order valence-corrected chi connectivity index (χ2v) is 4.60. The third-order valence-electron chi connectivity index (χ3n) is 2.60. The molecule has 0 aromatic carbocycles. The number of rotatable bonds is 9. The Morgan fingerprint density at radius 2 is 1.86 bits per heavy atom. The summed E-state index contributed by atoms with van der Waals surface area (Å²) in [6.45, 7) is 8.49. The average Bonchev–Trinajstić information content (AvgIpc) is 2.49. The molecule has 0 unspecified atom stereocenters. The van der Waals surface area contributed by atoms with E-state index < -0.39 is 18.2 Å². The summed E-state index contributed by atoms with van der Waals surface area (Å²) in [4.78, 5) is 10.8. The van der Waals surface area contributed by atoms with E-state index in [1.54, 1.807) is 6.08 Å². The number of carbonyl (C=O) groups is 1. The Morgan fingerprint density at radius 1 is 1.18 bits per heavy atom. The van der Waals surface area contributed by atoms with Gasteiger partial charge in [-0.2, -0.15) is 0 Å². The smallest absolute Gasteiger partial charge is 0.304 e. The third-order valence-corrected chi connectivity index (χ3v) is 2.60. The molecule has 0 saturated carbocycles. The van der Waals surface area contributed by atoms with Crippen molar-refractivity contribution in [2.75, 3.05) is 0 Å². The van der Waals surface area contributed by atoms with Crippen molar-refractivity contribution < 1.29 is 14.6 Å². The van der Waals surface area contributed by atoms with Crippen LogP contribution in [0.4, 0.5) is 0 Å². The first-order valence-corrected chi connectivity index (χ1v) is 7.36. The molecule has 0 spiro atoms. The number of allylic oxidation sites excluding steroid dienone is 2. The maximum Gasteiger partial charge on any atom is 0.304 e. The first kappa shape index (κ1) is 19.8. The van der Waals surface area contributed by atoms with Gasteiger partial charge in [0.2, 0.25) is 0 Å². The molecule has 0 aromatic heterocycles. The number of hydrogen-bond acceptors (Lipinski definition) is 3. The highest BCUT2D eigenvalue weighted by molar-refractivity contribution is 5.66. The van der Waals surface area contributed by atoms with Crippen molar-refractivity contribution in [1.29, 1.82) is 0 Å². The molecule has 3 heteroatoms. The number of ether oxygens (including phenoxy) is 1. The molecule has 0 heterocycles. The molecule has 0 aliphatic rings. The van der Waals surface area contributed by atoms with Gasteiger partial charge in [0.25, 0.3) is 0 Å². The Bertz CT molecular complexity index is 494. The van der Waals surface area contributed by atoms with Crippen molar-refractivity contribution in [3.63, 3.8) is 0 Å². The molecular formula is C19H24O3. The minimum Gasteiger partial charge on any atom is -0.445 e. The predicted molar refractivity (Wildman–Crippen MR) is 89.7 cm³/mol. The number of aliphatic hydroxyl groups is 1. The van der Waals surface area contributed by atoms with Gasteiger partial charge in [-0.25, -0.2) is 0 Å². The molecule has 0 amide bonds. The van der Waals surface area contributed by atoms with Gasteiger partial charge in [-0.1, -0.05) is 31.1 Å². The molecule has 118 valence electrons. The number of aliphatic hydroxyl groups excluding tert-OH is 1. The van der Waals surface area contributed by atoms with Gasteiger partial charge in [0, 0.05) is 6.92 Å². The average molecular weight is 300 g/mol. The largest absolute Gasteiger partial charge is 0.445 e. The van der Waals surface area contributed by atoms with E-state index in [0.717, 1.165) is 32.1 Å². The van der Waals surface area contributed by atoms with E-state index in [2.05, 4.69) is 36.8 Å². The number of carbonyl (C=O) groups excluding carboxylic acids is 1. The lowest BCUT2D eigenvalue weighted by Crippen LogP contribution is -2.10. The summed E-state index contributed by atoms with van der Waals surface area (Å²) in [7, 11) is 0. The van der Waals surface area contributed by atoms with Gasteiger partial charge in [-0.15, -0.1) is 6.58 Å². The number of esters is 1. The molecule has 1 N–H and O–H groups in total. The van der Waals surface area contributed by atoms with Crippen LogP contribution in [0.1, 0.15) is 39.0 Å². The monoisotopic (exact) mass is 300 g/mol. The Labute approximate surface area is 133 Å². The SMILES string of the molecule is C=CCCCCCC=C[C@H](O)C#CC#C[C@H](C=C)OC(C)=O. The van der Waals surface area contributed by atoms with Crippen LogP contribution in [0, 0.1) is 23.7 Å². The van der Waals surface area contributed by atoms with Crippen molar-refractivity contribution in [1.82, 2.24) is 0 Å². The van der Waals surface area contributed by atoms with E-state index in [9.17, 15) is 9.90 Å². The minimum absolute atomic E-state index is 0.428. The van der Waals surface area contributed by atoms with Gasteiger partial charge < -0.3 is 9.84 Å². The van der Waals surface area contributed by atoms with Gasteiger partial charge in [0.15, 0.2) is 6.10 Å². The molecule has 0 aliphatic heterocycles. The van der Waals surface area contributed by atoms with Crippen molar-refractivity contribution in [3.05, 3.63) is 37.5 Å². The van der Waals surface area contributed by atoms with Gasteiger partial charge in [0.05, 0.1) is 0 Å².